The molecule has 4 aromatic rings. The number of aromatic nitrogens is 3. The minimum absolute atomic E-state index is 0.343. The largest absolute Gasteiger partial charge is 0.439 e. The van der Waals surface area contributed by atoms with Gasteiger partial charge < -0.3 is 9.64 Å². The van der Waals surface area contributed by atoms with Gasteiger partial charge in [-0.25, -0.2) is 15.0 Å². The van der Waals surface area contributed by atoms with E-state index in [-0.39, 0.29) is 0 Å². The Balaban J connectivity index is 1.46. The topological polar surface area (TPSA) is 68.2 Å². The minimum atomic E-state index is 0.343. The number of aldehydes is 1. The number of ether oxygens (including phenoxy) is 1. The molecule has 0 amide bonds. The number of carbonyl (C=O) groups excluding carboxylic acids is 1. The fourth-order valence-corrected chi connectivity index (χ4v) is 4.19. The number of benzene rings is 2. The molecule has 2 aromatic heterocycles. The van der Waals surface area contributed by atoms with Crippen molar-refractivity contribution >= 4 is 17.2 Å². The lowest BCUT2D eigenvalue weighted by molar-refractivity contribution is -0.104. The summed E-state index contributed by atoms with van der Waals surface area (Å²) in [5.74, 6) is 1.65. The molecule has 6 nitrogen and oxygen atoms in total. The molecule has 0 bridgehead atoms. The Morgan fingerprint density at radius 2 is 1.94 bits per heavy atom. The van der Waals surface area contributed by atoms with Crippen LogP contribution >= 0.6 is 0 Å². The average molecular weight is 422 g/mol. The highest BCUT2D eigenvalue weighted by atomic mass is 16.5. The predicted molar refractivity (Wildman–Crippen MR) is 123 cm³/mol. The van der Waals surface area contributed by atoms with Gasteiger partial charge in [0.05, 0.1) is 5.52 Å². The zero-order chi connectivity index (χ0) is 21.8. The van der Waals surface area contributed by atoms with Crippen molar-refractivity contribution in [1.29, 1.82) is 0 Å². The number of fused-ring (bicyclic) bond motifs is 1. The van der Waals surface area contributed by atoms with Crippen molar-refractivity contribution in [2.45, 2.75) is 12.3 Å². The SMILES string of the molecule is O=CC=CN1CC[C@@H](c2cc(-c3ccc(Oc4ccccn4)cc3)cc3cncnc23)C1. The lowest BCUT2D eigenvalue weighted by Crippen LogP contribution is -2.13. The second-order valence-corrected chi connectivity index (χ2v) is 7.78. The molecule has 3 heterocycles. The van der Waals surface area contributed by atoms with Crippen molar-refractivity contribution in [3.8, 4) is 22.8 Å². The van der Waals surface area contributed by atoms with Crippen molar-refractivity contribution in [3.63, 3.8) is 0 Å². The molecule has 0 aliphatic carbocycles. The summed E-state index contributed by atoms with van der Waals surface area (Å²) in [7, 11) is 0. The summed E-state index contributed by atoms with van der Waals surface area (Å²) < 4.78 is 5.82. The van der Waals surface area contributed by atoms with Crippen LogP contribution in [0.1, 0.15) is 17.9 Å². The van der Waals surface area contributed by atoms with Gasteiger partial charge in [0, 0.05) is 49.1 Å². The van der Waals surface area contributed by atoms with E-state index in [1.54, 1.807) is 18.6 Å². The fraction of sp³-hybridized carbons (Fsp3) is 0.154. The second kappa shape index (κ2) is 8.98. The van der Waals surface area contributed by atoms with E-state index in [2.05, 4.69) is 44.1 Å². The van der Waals surface area contributed by atoms with Crippen LogP contribution < -0.4 is 4.74 Å². The summed E-state index contributed by atoms with van der Waals surface area (Å²) >= 11 is 0. The van der Waals surface area contributed by atoms with Crippen LogP contribution in [0.15, 0.2) is 85.6 Å². The first-order valence-electron chi connectivity index (χ1n) is 10.6. The molecule has 6 heteroatoms. The summed E-state index contributed by atoms with van der Waals surface area (Å²) in [6.45, 7) is 1.79. The number of hydrogen-bond donors (Lipinski definition) is 0. The molecule has 2 aromatic carbocycles. The van der Waals surface area contributed by atoms with Gasteiger partial charge in [-0.2, -0.15) is 0 Å². The summed E-state index contributed by atoms with van der Waals surface area (Å²) in [5.41, 5.74) is 4.43. The van der Waals surface area contributed by atoms with E-state index in [1.165, 1.54) is 5.56 Å². The molecule has 1 fully saturated rings. The summed E-state index contributed by atoms with van der Waals surface area (Å²) in [6.07, 6.45) is 10.4. The van der Waals surface area contributed by atoms with Gasteiger partial charge in [-0.3, -0.25) is 4.79 Å². The highest BCUT2D eigenvalue weighted by Gasteiger charge is 2.24. The quantitative estimate of drug-likeness (QED) is 0.322. The Hall–Kier alpha value is -4.06. The van der Waals surface area contributed by atoms with Gasteiger partial charge in [0.2, 0.25) is 5.88 Å². The normalized spacial score (nSPS) is 16.0. The zero-order valence-electron chi connectivity index (χ0n) is 17.5. The average Bonchev–Trinajstić information content (AvgIpc) is 3.32. The molecule has 0 saturated carbocycles. The van der Waals surface area contributed by atoms with Crippen LogP contribution in [0.5, 0.6) is 11.6 Å². The van der Waals surface area contributed by atoms with Crippen LogP contribution in [0.3, 0.4) is 0 Å². The summed E-state index contributed by atoms with van der Waals surface area (Å²) in [6, 6.07) is 18.0. The van der Waals surface area contributed by atoms with Crippen molar-refractivity contribution in [2.24, 2.45) is 0 Å². The van der Waals surface area contributed by atoms with E-state index in [1.807, 2.05) is 42.7 Å². The van der Waals surface area contributed by atoms with E-state index in [0.717, 1.165) is 53.6 Å². The van der Waals surface area contributed by atoms with Gasteiger partial charge in [-0.05, 0) is 59.5 Å². The molecule has 1 aliphatic heterocycles. The van der Waals surface area contributed by atoms with Crippen molar-refractivity contribution in [3.05, 3.63) is 91.2 Å². The van der Waals surface area contributed by atoms with Crippen molar-refractivity contribution in [2.75, 3.05) is 13.1 Å². The maximum Gasteiger partial charge on any atom is 0.219 e. The zero-order valence-corrected chi connectivity index (χ0v) is 17.5. The third kappa shape index (κ3) is 4.21. The summed E-state index contributed by atoms with van der Waals surface area (Å²) in [4.78, 5) is 25.9. The molecule has 0 radical (unpaired) electrons. The molecule has 0 spiro atoms. The number of pyridine rings is 1. The van der Waals surface area contributed by atoms with E-state index in [0.29, 0.717) is 11.8 Å². The molecule has 0 unspecified atom stereocenters. The molecule has 158 valence electrons. The van der Waals surface area contributed by atoms with Gasteiger partial charge in [0.1, 0.15) is 18.4 Å². The highest BCUT2D eigenvalue weighted by Crippen LogP contribution is 2.35. The van der Waals surface area contributed by atoms with Gasteiger partial charge in [-0.15, -0.1) is 0 Å². The van der Waals surface area contributed by atoms with Gasteiger partial charge in [-0.1, -0.05) is 18.2 Å². The number of carbonyl (C=O) groups is 1. The van der Waals surface area contributed by atoms with Crippen LogP contribution in [0, 0.1) is 0 Å². The van der Waals surface area contributed by atoms with Crippen molar-refractivity contribution in [1.82, 2.24) is 19.9 Å². The van der Waals surface area contributed by atoms with E-state index < -0.39 is 0 Å². The fourth-order valence-electron chi connectivity index (χ4n) is 4.19. The molecule has 1 saturated heterocycles. The van der Waals surface area contributed by atoms with E-state index in [9.17, 15) is 4.79 Å². The molecule has 1 atom stereocenters. The maximum absolute atomic E-state index is 10.7. The Morgan fingerprint density at radius 3 is 2.75 bits per heavy atom. The number of nitrogens with zero attached hydrogens (tertiary/aromatic N) is 4. The highest BCUT2D eigenvalue weighted by molar-refractivity contribution is 5.87. The number of hydrogen-bond acceptors (Lipinski definition) is 6. The third-order valence-corrected chi connectivity index (χ3v) is 5.72. The maximum atomic E-state index is 10.7. The molecule has 0 N–H and O–H groups in total. The Bertz CT molecular complexity index is 1260. The Kier molecular flexibility index (Phi) is 5.58. The van der Waals surface area contributed by atoms with Crippen LogP contribution in [0.2, 0.25) is 0 Å². The smallest absolute Gasteiger partial charge is 0.219 e. The Labute approximate surface area is 186 Å². The molecule has 32 heavy (non-hydrogen) atoms. The Morgan fingerprint density at radius 1 is 1.03 bits per heavy atom. The second-order valence-electron chi connectivity index (χ2n) is 7.78. The van der Waals surface area contributed by atoms with E-state index >= 15 is 0 Å². The standard InChI is InChI=1S/C26H22N4O2/c31-13-3-11-30-12-9-20(17-30)24-15-21(14-22-16-27-18-29-26(22)24)19-5-7-23(8-6-19)32-25-4-1-2-10-28-25/h1-8,10-11,13-16,18,20H,9,12,17H2/t20-/m1/s1. The monoisotopic (exact) mass is 422 g/mol. The number of allylic oxidation sites excluding steroid dienone is 1. The van der Waals surface area contributed by atoms with Gasteiger partial charge in [0.15, 0.2) is 0 Å². The van der Waals surface area contributed by atoms with Crippen molar-refractivity contribution < 1.29 is 9.53 Å². The van der Waals surface area contributed by atoms with E-state index in [4.69, 9.17) is 4.74 Å². The van der Waals surface area contributed by atoms with Gasteiger partial charge in [0.25, 0.3) is 0 Å². The minimum Gasteiger partial charge on any atom is -0.439 e. The number of rotatable bonds is 6. The summed E-state index contributed by atoms with van der Waals surface area (Å²) in [5, 5.41) is 1.02. The van der Waals surface area contributed by atoms with Crippen LogP contribution in [0.25, 0.3) is 22.0 Å². The predicted octanol–water partition coefficient (Wildman–Crippen LogP) is 4.99. The first-order chi connectivity index (χ1) is 15.8. The van der Waals surface area contributed by atoms with Crippen LogP contribution in [-0.2, 0) is 4.79 Å². The third-order valence-electron chi connectivity index (χ3n) is 5.72. The lowest BCUT2D eigenvalue weighted by Gasteiger charge is -2.16. The lowest BCUT2D eigenvalue weighted by atomic mass is 9.92. The van der Waals surface area contributed by atoms with Crippen LogP contribution in [0.4, 0.5) is 0 Å². The molecule has 1 aliphatic rings. The molecule has 5 rings (SSSR count). The van der Waals surface area contributed by atoms with Gasteiger partial charge >= 0.3 is 0 Å². The first-order valence-corrected chi connectivity index (χ1v) is 10.6. The molecular weight excluding hydrogens is 400 g/mol. The number of likely N-dealkylation sites (tertiary alicyclic amines) is 1. The van der Waals surface area contributed by atoms with Crippen LogP contribution in [-0.4, -0.2) is 39.2 Å². The molecular formula is C26H22N4O2. The first kappa shape index (κ1) is 19.9.